The highest BCUT2D eigenvalue weighted by atomic mass is 16.3. The van der Waals surface area contributed by atoms with Gasteiger partial charge >= 0.3 is 0 Å². The zero-order chi connectivity index (χ0) is 34.6. The predicted octanol–water partition coefficient (Wildman–Crippen LogP) is 15.0. The molecule has 0 unspecified atom stereocenters. The largest absolute Gasteiger partial charge is 0.456 e. The van der Waals surface area contributed by atoms with Gasteiger partial charge in [-0.2, -0.15) is 0 Å². The van der Waals surface area contributed by atoms with E-state index in [1.807, 2.05) is 0 Å². The van der Waals surface area contributed by atoms with Crippen LogP contribution in [0.4, 0.5) is 0 Å². The van der Waals surface area contributed by atoms with Crippen molar-refractivity contribution in [2.45, 2.75) is 0 Å². The van der Waals surface area contributed by atoms with Gasteiger partial charge in [0.1, 0.15) is 11.2 Å². The molecule has 0 radical (unpaired) electrons. The van der Waals surface area contributed by atoms with Crippen molar-refractivity contribution in [3.8, 4) is 22.3 Å². The third-order valence-electron chi connectivity index (χ3n) is 11.6. The monoisotopic (exact) mass is 670 g/mol. The van der Waals surface area contributed by atoms with Gasteiger partial charge in [0, 0.05) is 10.8 Å². The summed E-state index contributed by atoms with van der Waals surface area (Å²) in [5.74, 6) is 0. The average molecular weight is 671 g/mol. The molecule has 11 aromatic carbocycles. The fraction of sp³-hybridized carbons (Fsp3) is 0. The van der Waals surface area contributed by atoms with Crippen LogP contribution in [-0.4, -0.2) is 0 Å². The van der Waals surface area contributed by atoms with Crippen LogP contribution in [0.2, 0.25) is 0 Å². The first-order chi connectivity index (χ1) is 26.3. The lowest BCUT2D eigenvalue weighted by atomic mass is 9.86. The Hall–Kier alpha value is -6.96. The Morgan fingerprint density at radius 1 is 0.264 bits per heavy atom. The molecule has 1 heteroatoms. The van der Waals surface area contributed by atoms with Crippen molar-refractivity contribution in [3.63, 3.8) is 0 Å². The lowest BCUT2D eigenvalue weighted by Crippen LogP contribution is -1.90. The number of furan rings is 1. The minimum Gasteiger partial charge on any atom is -0.456 e. The van der Waals surface area contributed by atoms with Crippen molar-refractivity contribution in [3.05, 3.63) is 182 Å². The second-order valence-corrected chi connectivity index (χ2v) is 14.4. The van der Waals surface area contributed by atoms with Crippen LogP contribution in [0.15, 0.2) is 186 Å². The third kappa shape index (κ3) is 4.08. The van der Waals surface area contributed by atoms with Crippen LogP contribution in [0.25, 0.3) is 120 Å². The molecular formula is C52H30O. The summed E-state index contributed by atoms with van der Waals surface area (Å²) in [6.45, 7) is 0. The quantitative estimate of drug-likeness (QED) is 0.132. The lowest BCUT2D eigenvalue weighted by molar-refractivity contribution is 0.670. The smallest absolute Gasteiger partial charge is 0.136 e. The van der Waals surface area contributed by atoms with E-state index in [2.05, 4.69) is 182 Å². The molecule has 0 spiro atoms. The van der Waals surface area contributed by atoms with E-state index in [0.717, 1.165) is 16.6 Å². The summed E-state index contributed by atoms with van der Waals surface area (Å²) in [4.78, 5) is 0. The maximum Gasteiger partial charge on any atom is 0.136 e. The van der Waals surface area contributed by atoms with Gasteiger partial charge in [0.25, 0.3) is 0 Å². The number of benzene rings is 11. The van der Waals surface area contributed by atoms with Crippen molar-refractivity contribution in [1.82, 2.24) is 0 Å². The highest BCUT2D eigenvalue weighted by molar-refractivity contribution is 6.30. The van der Waals surface area contributed by atoms with Crippen LogP contribution in [0, 0.1) is 0 Å². The zero-order valence-corrected chi connectivity index (χ0v) is 28.7. The first kappa shape index (κ1) is 28.7. The first-order valence-electron chi connectivity index (χ1n) is 18.3. The van der Waals surface area contributed by atoms with Gasteiger partial charge in [0.15, 0.2) is 0 Å². The maximum atomic E-state index is 6.57. The van der Waals surface area contributed by atoms with Gasteiger partial charge in [0.2, 0.25) is 0 Å². The summed E-state index contributed by atoms with van der Waals surface area (Å²) in [6.07, 6.45) is 0. The first-order valence-corrected chi connectivity index (χ1v) is 18.3. The molecule has 0 bridgehead atoms. The Kier molecular flexibility index (Phi) is 5.84. The Morgan fingerprint density at radius 2 is 0.792 bits per heavy atom. The van der Waals surface area contributed by atoms with Crippen LogP contribution < -0.4 is 0 Å². The number of rotatable bonds is 2. The van der Waals surface area contributed by atoms with E-state index < -0.39 is 0 Å². The summed E-state index contributed by atoms with van der Waals surface area (Å²) in [6, 6.07) is 66.9. The molecule has 0 aliphatic heterocycles. The highest BCUT2D eigenvalue weighted by Crippen LogP contribution is 2.45. The Balaban J connectivity index is 1.11. The van der Waals surface area contributed by atoms with Crippen molar-refractivity contribution in [1.29, 1.82) is 0 Å². The Morgan fingerprint density at radius 3 is 1.51 bits per heavy atom. The SMILES string of the molecule is c1ccc2c(-c3ccc(-c4ccc5c(c4)c4ccccc4c4cc6c(cc54)oc4ccc5ccccc5c46)c4ccccc34)c3ccccc3cc2c1. The van der Waals surface area contributed by atoms with Gasteiger partial charge < -0.3 is 4.42 Å². The normalized spacial score (nSPS) is 12.2. The molecule has 1 aromatic heterocycles. The zero-order valence-electron chi connectivity index (χ0n) is 28.7. The fourth-order valence-corrected chi connectivity index (χ4v) is 9.23. The van der Waals surface area contributed by atoms with Crippen molar-refractivity contribution < 1.29 is 4.42 Å². The molecule has 0 saturated carbocycles. The highest BCUT2D eigenvalue weighted by Gasteiger charge is 2.18. The minimum absolute atomic E-state index is 0.923. The molecule has 1 heterocycles. The summed E-state index contributed by atoms with van der Waals surface area (Å²) in [5.41, 5.74) is 6.85. The second kappa shape index (κ2) is 10.8. The third-order valence-corrected chi connectivity index (χ3v) is 11.6. The standard InChI is InChI=1S/C52H30O/c1-4-14-36-31(11-1)22-26-49-52(36)48-29-46-42-20-10-9-19-41(42)45-28-34(21-23-43(45)47(46)30-50(48)53-49)35-24-25-44(40-18-8-7-17-39(35)40)51-37-15-5-2-12-32(37)27-33-13-3-6-16-38(33)51/h1-30H. The molecule has 53 heavy (non-hydrogen) atoms. The van der Waals surface area contributed by atoms with Gasteiger partial charge in [-0.25, -0.2) is 0 Å². The topological polar surface area (TPSA) is 13.1 Å². The summed E-state index contributed by atoms with van der Waals surface area (Å²) < 4.78 is 6.57. The van der Waals surface area contributed by atoms with E-state index in [1.165, 1.54) is 103 Å². The van der Waals surface area contributed by atoms with E-state index in [1.54, 1.807) is 0 Å². The molecule has 0 saturated heterocycles. The van der Waals surface area contributed by atoms with Gasteiger partial charge in [-0.1, -0.05) is 152 Å². The van der Waals surface area contributed by atoms with E-state index in [9.17, 15) is 0 Å². The van der Waals surface area contributed by atoms with Crippen molar-refractivity contribution in [2.24, 2.45) is 0 Å². The molecule has 0 aliphatic carbocycles. The molecular weight excluding hydrogens is 641 g/mol. The minimum atomic E-state index is 0.923. The second-order valence-electron chi connectivity index (χ2n) is 14.4. The van der Waals surface area contributed by atoms with Crippen molar-refractivity contribution in [2.75, 3.05) is 0 Å². The lowest BCUT2D eigenvalue weighted by Gasteiger charge is -2.17. The molecule has 12 rings (SSSR count). The van der Waals surface area contributed by atoms with Crippen LogP contribution in [0.3, 0.4) is 0 Å². The summed E-state index contributed by atoms with van der Waals surface area (Å²) >= 11 is 0. The van der Waals surface area contributed by atoms with E-state index >= 15 is 0 Å². The van der Waals surface area contributed by atoms with Gasteiger partial charge in [-0.3, -0.25) is 0 Å². The Labute approximate surface area is 304 Å². The molecule has 12 aromatic rings. The van der Waals surface area contributed by atoms with Crippen LogP contribution in [0.5, 0.6) is 0 Å². The van der Waals surface area contributed by atoms with Crippen LogP contribution in [-0.2, 0) is 0 Å². The van der Waals surface area contributed by atoms with E-state index in [0.29, 0.717) is 0 Å². The predicted molar refractivity (Wildman–Crippen MR) is 227 cm³/mol. The molecule has 244 valence electrons. The van der Waals surface area contributed by atoms with Gasteiger partial charge in [-0.15, -0.1) is 0 Å². The molecule has 0 fully saturated rings. The van der Waals surface area contributed by atoms with Crippen molar-refractivity contribution >= 4 is 97.3 Å². The van der Waals surface area contributed by atoms with E-state index in [-0.39, 0.29) is 0 Å². The van der Waals surface area contributed by atoms with Crippen LogP contribution in [0.1, 0.15) is 0 Å². The fourth-order valence-electron chi connectivity index (χ4n) is 9.23. The Bertz CT molecular complexity index is 3460. The number of hydrogen-bond acceptors (Lipinski definition) is 1. The molecule has 1 nitrogen and oxygen atoms in total. The summed E-state index contributed by atoms with van der Waals surface area (Å²) in [7, 11) is 0. The van der Waals surface area contributed by atoms with Crippen LogP contribution >= 0.6 is 0 Å². The molecule has 0 aliphatic rings. The van der Waals surface area contributed by atoms with E-state index in [4.69, 9.17) is 4.42 Å². The molecule has 0 amide bonds. The number of hydrogen-bond donors (Lipinski definition) is 0. The number of fused-ring (bicyclic) bond motifs is 14. The van der Waals surface area contributed by atoms with Gasteiger partial charge in [0.05, 0.1) is 0 Å². The van der Waals surface area contributed by atoms with Gasteiger partial charge in [-0.05, 0) is 128 Å². The average Bonchev–Trinajstić information content (AvgIpc) is 3.60. The molecule has 0 N–H and O–H groups in total. The maximum absolute atomic E-state index is 6.57. The molecule has 0 atom stereocenters. The summed E-state index contributed by atoms with van der Waals surface area (Å²) in [5, 5.41) is 19.9.